The van der Waals surface area contributed by atoms with E-state index >= 15 is 0 Å². The van der Waals surface area contributed by atoms with Gasteiger partial charge in [0.25, 0.3) is 0 Å². The second-order valence-corrected chi connectivity index (χ2v) is 5.23. The van der Waals surface area contributed by atoms with Crippen LogP contribution in [0.25, 0.3) is 0 Å². The highest BCUT2D eigenvalue weighted by atomic mass is 16.5. The van der Waals surface area contributed by atoms with E-state index in [1.165, 1.54) is 0 Å². The minimum Gasteiger partial charge on any atom is -0.492 e. The van der Waals surface area contributed by atoms with Crippen LogP contribution in [0.1, 0.15) is 15.9 Å². The van der Waals surface area contributed by atoms with E-state index in [4.69, 9.17) is 9.47 Å². The summed E-state index contributed by atoms with van der Waals surface area (Å²) < 4.78 is 11.1. The van der Waals surface area contributed by atoms with Crippen LogP contribution in [0.2, 0.25) is 0 Å². The summed E-state index contributed by atoms with van der Waals surface area (Å²) >= 11 is 0. The SMILES string of the molecule is Cc1cccc2c1C(=O)C(CN1CCOCC1)CO2. The van der Waals surface area contributed by atoms with Crippen molar-refractivity contribution in [2.24, 2.45) is 5.92 Å². The smallest absolute Gasteiger partial charge is 0.174 e. The van der Waals surface area contributed by atoms with Gasteiger partial charge in [0.15, 0.2) is 5.78 Å². The molecule has 2 aliphatic rings. The molecule has 1 atom stereocenters. The maximum absolute atomic E-state index is 12.6. The number of rotatable bonds is 2. The summed E-state index contributed by atoms with van der Waals surface area (Å²) in [6.07, 6.45) is 0. The van der Waals surface area contributed by atoms with Crippen molar-refractivity contribution in [1.82, 2.24) is 4.90 Å². The van der Waals surface area contributed by atoms with E-state index in [0.717, 1.165) is 49.7 Å². The van der Waals surface area contributed by atoms with Crippen LogP contribution in [0.5, 0.6) is 5.75 Å². The van der Waals surface area contributed by atoms with E-state index in [-0.39, 0.29) is 11.7 Å². The van der Waals surface area contributed by atoms with Gasteiger partial charge >= 0.3 is 0 Å². The molecule has 0 spiro atoms. The molecule has 0 amide bonds. The molecule has 1 aromatic rings. The van der Waals surface area contributed by atoms with Crippen molar-refractivity contribution in [3.63, 3.8) is 0 Å². The normalized spacial score (nSPS) is 23.8. The Hall–Kier alpha value is -1.39. The molecule has 0 aromatic heterocycles. The number of nitrogens with zero attached hydrogens (tertiary/aromatic N) is 1. The van der Waals surface area contributed by atoms with E-state index in [9.17, 15) is 4.79 Å². The van der Waals surface area contributed by atoms with Gasteiger partial charge in [-0.2, -0.15) is 0 Å². The van der Waals surface area contributed by atoms with Crippen LogP contribution in [0, 0.1) is 12.8 Å². The van der Waals surface area contributed by atoms with E-state index in [1.807, 2.05) is 25.1 Å². The molecule has 0 N–H and O–H groups in total. The highest BCUT2D eigenvalue weighted by Gasteiger charge is 2.31. The van der Waals surface area contributed by atoms with Crippen LogP contribution in [0.3, 0.4) is 0 Å². The average molecular weight is 261 g/mol. The van der Waals surface area contributed by atoms with Crippen molar-refractivity contribution in [2.45, 2.75) is 6.92 Å². The molecule has 0 bridgehead atoms. The maximum atomic E-state index is 12.6. The Morgan fingerprint density at radius 3 is 2.89 bits per heavy atom. The molecule has 2 heterocycles. The molecule has 0 radical (unpaired) electrons. The summed E-state index contributed by atoms with van der Waals surface area (Å²) in [5.74, 6) is 0.917. The Morgan fingerprint density at radius 2 is 2.11 bits per heavy atom. The fourth-order valence-corrected chi connectivity index (χ4v) is 2.78. The molecular formula is C15H19NO3. The first-order valence-corrected chi connectivity index (χ1v) is 6.82. The number of carbonyl (C=O) groups is 1. The monoisotopic (exact) mass is 261 g/mol. The van der Waals surface area contributed by atoms with Gasteiger partial charge in [-0.3, -0.25) is 9.69 Å². The maximum Gasteiger partial charge on any atom is 0.174 e. The Kier molecular flexibility index (Phi) is 3.53. The van der Waals surface area contributed by atoms with E-state index in [0.29, 0.717) is 6.61 Å². The third-order valence-electron chi connectivity index (χ3n) is 3.87. The third kappa shape index (κ3) is 2.51. The van der Waals surface area contributed by atoms with Crippen LogP contribution in [0.15, 0.2) is 18.2 Å². The van der Waals surface area contributed by atoms with Gasteiger partial charge in [0.05, 0.1) is 31.3 Å². The summed E-state index contributed by atoms with van der Waals surface area (Å²) in [5, 5.41) is 0. The Labute approximate surface area is 113 Å². The summed E-state index contributed by atoms with van der Waals surface area (Å²) in [6, 6.07) is 5.78. The zero-order chi connectivity index (χ0) is 13.2. The lowest BCUT2D eigenvalue weighted by Crippen LogP contribution is -2.43. The van der Waals surface area contributed by atoms with E-state index in [1.54, 1.807) is 0 Å². The number of Topliss-reactive ketones (excluding diaryl/α,β-unsaturated/α-hetero) is 1. The Morgan fingerprint density at radius 1 is 1.32 bits per heavy atom. The highest BCUT2D eigenvalue weighted by molar-refractivity contribution is 6.02. The summed E-state index contributed by atoms with van der Waals surface area (Å²) in [7, 11) is 0. The first-order chi connectivity index (χ1) is 9.25. The standard InChI is InChI=1S/C15H19NO3/c1-11-3-2-4-13-14(11)15(17)12(10-19-13)9-16-5-7-18-8-6-16/h2-4,12H,5-10H2,1H3. The number of fused-ring (bicyclic) bond motifs is 1. The number of benzene rings is 1. The third-order valence-corrected chi connectivity index (χ3v) is 3.87. The minimum absolute atomic E-state index is 0.0494. The topological polar surface area (TPSA) is 38.8 Å². The Balaban J connectivity index is 1.75. The highest BCUT2D eigenvalue weighted by Crippen LogP contribution is 2.30. The molecule has 4 nitrogen and oxygen atoms in total. The lowest BCUT2D eigenvalue weighted by molar-refractivity contribution is 0.0250. The quantitative estimate of drug-likeness (QED) is 0.809. The van der Waals surface area contributed by atoms with Crippen molar-refractivity contribution in [1.29, 1.82) is 0 Å². The fraction of sp³-hybridized carbons (Fsp3) is 0.533. The molecule has 4 heteroatoms. The molecule has 102 valence electrons. The van der Waals surface area contributed by atoms with Gasteiger partial charge in [0.1, 0.15) is 5.75 Å². The van der Waals surface area contributed by atoms with Gasteiger partial charge in [0, 0.05) is 19.6 Å². The van der Waals surface area contributed by atoms with E-state index in [2.05, 4.69) is 4.90 Å². The minimum atomic E-state index is -0.0494. The number of carbonyl (C=O) groups excluding carboxylic acids is 1. The predicted octanol–water partition coefficient (Wildman–Crippen LogP) is 1.52. The van der Waals surface area contributed by atoms with Crippen molar-refractivity contribution in [3.8, 4) is 5.75 Å². The summed E-state index contributed by atoms with van der Waals surface area (Å²) in [6.45, 7) is 6.57. The van der Waals surface area contributed by atoms with Gasteiger partial charge in [-0.15, -0.1) is 0 Å². The van der Waals surface area contributed by atoms with Gasteiger partial charge in [-0.1, -0.05) is 12.1 Å². The molecular weight excluding hydrogens is 242 g/mol. The second-order valence-electron chi connectivity index (χ2n) is 5.23. The van der Waals surface area contributed by atoms with Gasteiger partial charge in [0.2, 0.25) is 0 Å². The van der Waals surface area contributed by atoms with E-state index < -0.39 is 0 Å². The van der Waals surface area contributed by atoms with Crippen LogP contribution in [-0.2, 0) is 4.74 Å². The zero-order valence-corrected chi connectivity index (χ0v) is 11.2. The number of ether oxygens (including phenoxy) is 2. The predicted molar refractivity (Wildman–Crippen MR) is 71.8 cm³/mol. The number of hydrogen-bond donors (Lipinski definition) is 0. The zero-order valence-electron chi connectivity index (χ0n) is 11.2. The lowest BCUT2D eigenvalue weighted by Gasteiger charge is -2.32. The van der Waals surface area contributed by atoms with Crippen LogP contribution < -0.4 is 4.74 Å². The summed E-state index contributed by atoms with van der Waals surface area (Å²) in [5.41, 5.74) is 1.78. The van der Waals surface area contributed by atoms with Crippen LogP contribution >= 0.6 is 0 Å². The van der Waals surface area contributed by atoms with Crippen molar-refractivity contribution in [3.05, 3.63) is 29.3 Å². The van der Waals surface area contributed by atoms with Crippen molar-refractivity contribution in [2.75, 3.05) is 39.5 Å². The average Bonchev–Trinajstić information content (AvgIpc) is 2.43. The first kappa shape index (κ1) is 12.6. The number of morpholine rings is 1. The van der Waals surface area contributed by atoms with Gasteiger partial charge < -0.3 is 9.47 Å². The largest absolute Gasteiger partial charge is 0.492 e. The number of ketones is 1. The van der Waals surface area contributed by atoms with Crippen LogP contribution in [0.4, 0.5) is 0 Å². The molecule has 1 fully saturated rings. The lowest BCUT2D eigenvalue weighted by atomic mass is 9.91. The van der Waals surface area contributed by atoms with Crippen molar-refractivity contribution < 1.29 is 14.3 Å². The molecule has 2 aliphatic heterocycles. The van der Waals surface area contributed by atoms with Crippen molar-refractivity contribution >= 4 is 5.78 Å². The van der Waals surface area contributed by atoms with Crippen LogP contribution in [-0.4, -0.2) is 50.1 Å². The van der Waals surface area contributed by atoms with Gasteiger partial charge in [-0.05, 0) is 18.6 Å². The summed E-state index contributed by atoms with van der Waals surface area (Å²) in [4.78, 5) is 14.9. The number of aryl methyl sites for hydroxylation is 1. The molecule has 1 saturated heterocycles. The fourth-order valence-electron chi connectivity index (χ4n) is 2.78. The van der Waals surface area contributed by atoms with Gasteiger partial charge in [-0.25, -0.2) is 0 Å². The Bertz CT molecular complexity index is 480. The number of hydrogen-bond acceptors (Lipinski definition) is 4. The molecule has 1 aromatic carbocycles. The molecule has 1 unspecified atom stereocenters. The molecule has 0 aliphatic carbocycles. The second kappa shape index (κ2) is 5.31. The first-order valence-electron chi connectivity index (χ1n) is 6.82. The molecule has 3 rings (SSSR count). The molecule has 0 saturated carbocycles. The molecule has 19 heavy (non-hydrogen) atoms.